The molecule has 0 spiro atoms. The van der Waals surface area contributed by atoms with Gasteiger partial charge in [-0.2, -0.15) is 0 Å². The van der Waals surface area contributed by atoms with Crippen LogP contribution >= 0.6 is 0 Å². The minimum atomic E-state index is -1.82. The lowest BCUT2D eigenvalue weighted by Gasteiger charge is -2.31. The average molecular weight is 693 g/mol. The van der Waals surface area contributed by atoms with Gasteiger partial charge in [0.05, 0.1) is 26.3 Å². The van der Waals surface area contributed by atoms with Crippen LogP contribution in [0.15, 0.2) is 62.0 Å². The maximum atomic E-state index is 9.30. The summed E-state index contributed by atoms with van der Waals surface area (Å²) in [5.74, 6) is -2.03. The SMILES string of the molecule is C=CCN1CCC(Nc2nc3cccnc3n2CCO)CC1.C=CCN1CCC(Nc2nc3cccnc3n2CCO)CC1.O=C(O)C(=O)O. The molecule has 0 aromatic carbocycles. The Bertz CT molecular complexity index is 1570. The molecule has 0 aliphatic carbocycles. The van der Waals surface area contributed by atoms with Crippen LogP contribution in [0.3, 0.4) is 0 Å². The highest BCUT2D eigenvalue weighted by Crippen LogP contribution is 2.22. The van der Waals surface area contributed by atoms with Gasteiger partial charge in [0.2, 0.25) is 11.9 Å². The third-order valence-corrected chi connectivity index (χ3v) is 8.45. The number of hydrogen-bond acceptors (Lipinski definition) is 12. The first-order valence-electron chi connectivity index (χ1n) is 16.8. The van der Waals surface area contributed by atoms with E-state index in [1.165, 1.54) is 0 Å². The third kappa shape index (κ3) is 10.5. The molecule has 6 heterocycles. The number of hydrogen-bond donors (Lipinski definition) is 6. The molecule has 6 rings (SSSR count). The number of nitrogens with zero attached hydrogens (tertiary/aromatic N) is 8. The van der Waals surface area contributed by atoms with E-state index in [1.54, 1.807) is 12.4 Å². The van der Waals surface area contributed by atoms with Crippen molar-refractivity contribution in [2.45, 2.75) is 50.9 Å². The molecule has 270 valence electrons. The third-order valence-electron chi connectivity index (χ3n) is 8.45. The normalized spacial score (nSPS) is 15.8. The number of anilines is 2. The summed E-state index contributed by atoms with van der Waals surface area (Å²) < 4.78 is 3.93. The van der Waals surface area contributed by atoms with Crippen LogP contribution in [0, 0.1) is 0 Å². The van der Waals surface area contributed by atoms with Crippen molar-refractivity contribution in [2.75, 3.05) is 63.1 Å². The highest BCUT2D eigenvalue weighted by atomic mass is 16.4. The first-order chi connectivity index (χ1) is 24.3. The van der Waals surface area contributed by atoms with Crippen LogP contribution in [0.1, 0.15) is 25.7 Å². The lowest BCUT2D eigenvalue weighted by Crippen LogP contribution is -2.39. The number of nitrogens with one attached hydrogen (secondary N) is 2. The van der Waals surface area contributed by atoms with Crippen LogP contribution in [0.25, 0.3) is 22.3 Å². The lowest BCUT2D eigenvalue weighted by atomic mass is 10.1. The molecule has 2 fully saturated rings. The van der Waals surface area contributed by atoms with E-state index in [0.29, 0.717) is 25.2 Å². The van der Waals surface area contributed by atoms with Crippen LogP contribution < -0.4 is 10.6 Å². The van der Waals surface area contributed by atoms with E-state index in [1.807, 2.05) is 45.6 Å². The van der Waals surface area contributed by atoms with Gasteiger partial charge < -0.3 is 31.1 Å². The fourth-order valence-corrected chi connectivity index (χ4v) is 6.01. The number of imidazole rings is 2. The molecule has 16 heteroatoms. The largest absolute Gasteiger partial charge is 0.473 e. The van der Waals surface area contributed by atoms with Crippen molar-refractivity contribution in [3.05, 3.63) is 62.0 Å². The van der Waals surface area contributed by atoms with Crippen molar-refractivity contribution in [3.8, 4) is 0 Å². The Kier molecular flexibility index (Phi) is 14.7. The van der Waals surface area contributed by atoms with E-state index < -0.39 is 11.9 Å². The number of fused-ring (bicyclic) bond motifs is 2. The van der Waals surface area contributed by atoms with Gasteiger partial charge in [-0.3, -0.25) is 18.9 Å². The maximum Gasteiger partial charge on any atom is 0.414 e. The van der Waals surface area contributed by atoms with Gasteiger partial charge in [-0.15, -0.1) is 13.2 Å². The van der Waals surface area contributed by atoms with Gasteiger partial charge in [0.15, 0.2) is 11.3 Å². The molecule has 2 aliphatic heterocycles. The number of likely N-dealkylation sites (tertiary alicyclic amines) is 2. The Morgan fingerprint density at radius 1 is 0.720 bits per heavy atom. The summed E-state index contributed by atoms with van der Waals surface area (Å²) in [6.07, 6.45) is 11.8. The number of piperidine rings is 2. The fourth-order valence-electron chi connectivity index (χ4n) is 6.01. The molecule has 4 aromatic heterocycles. The number of pyridine rings is 2. The van der Waals surface area contributed by atoms with Crippen LogP contribution in [-0.2, 0) is 22.7 Å². The Morgan fingerprint density at radius 2 is 1.10 bits per heavy atom. The first-order valence-corrected chi connectivity index (χ1v) is 16.8. The quantitative estimate of drug-likeness (QED) is 0.0930. The Labute approximate surface area is 290 Å². The summed E-state index contributed by atoms with van der Waals surface area (Å²) in [6.45, 7) is 15.0. The Morgan fingerprint density at radius 3 is 1.42 bits per heavy atom. The second kappa shape index (κ2) is 19.3. The predicted octanol–water partition coefficient (Wildman–Crippen LogP) is 2.13. The van der Waals surface area contributed by atoms with Gasteiger partial charge in [-0.05, 0) is 49.9 Å². The minimum Gasteiger partial charge on any atom is -0.473 e. The predicted molar refractivity (Wildman–Crippen MR) is 191 cm³/mol. The van der Waals surface area contributed by atoms with Crippen molar-refractivity contribution in [1.29, 1.82) is 0 Å². The summed E-state index contributed by atoms with van der Waals surface area (Å²) in [6, 6.07) is 8.50. The molecular formula is C34H48N10O6. The van der Waals surface area contributed by atoms with E-state index in [4.69, 9.17) is 19.8 Å². The highest BCUT2D eigenvalue weighted by Gasteiger charge is 2.22. The molecule has 6 N–H and O–H groups in total. The number of aliphatic hydroxyl groups excluding tert-OH is 2. The van der Waals surface area contributed by atoms with E-state index in [9.17, 15) is 10.2 Å². The van der Waals surface area contributed by atoms with E-state index in [0.717, 1.165) is 99.2 Å². The highest BCUT2D eigenvalue weighted by molar-refractivity contribution is 6.27. The topological polar surface area (TPSA) is 207 Å². The number of carbonyl (C=O) groups is 2. The first kappa shape index (κ1) is 37.9. The summed E-state index contributed by atoms with van der Waals surface area (Å²) in [5, 5.41) is 40.5. The minimum absolute atomic E-state index is 0.0779. The van der Waals surface area contributed by atoms with Crippen molar-refractivity contribution >= 4 is 46.2 Å². The molecule has 0 atom stereocenters. The van der Waals surface area contributed by atoms with Crippen LogP contribution in [-0.4, -0.2) is 136 Å². The van der Waals surface area contributed by atoms with Gasteiger partial charge in [0.1, 0.15) is 11.0 Å². The summed E-state index contributed by atoms with van der Waals surface area (Å²) in [4.78, 5) is 41.0. The van der Waals surface area contributed by atoms with Gasteiger partial charge in [-0.25, -0.2) is 29.5 Å². The van der Waals surface area contributed by atoms with Crippen molar-refractivity contribution in [1.82, 2.24) is 38.9 Å². The number of rotatable bonds is 12. The molecule has 0 amide bonds. The monoisotopic (exact) mass is 692 g/mol. The second-order valence-corrected chi connectivity index (χ2v) is 11.9. The molecule has 0 unspecified atom stereocenters. The number of aliphatic hydroxyl groups is 2. The molecule has 4 aromatic rings. The molecular weight excluding hydrogens is 644 g/mol. The van der Waals surface area contributed by atoms with Crippen molar-refractivity contribution < 1.29 is 30.0 Å². The molecule has 50 heavy (non-hydrogen) atoms. The molecule has 0 saturated carbocycles. The van der Waals surface area contributed by atoms with Gasteiger partial charge in [0, 0.05) is 63.7 Å². The average Bonchev–Trinajstić information content (AvgIpc) is 3.64. The van der Waals surface area contributed by atoms with Crippen LogP contribution in [0.4, 0.5) is 11.9 Å². The zero-order chi connectivity index (χ0) is 35.9. The van der Waals surface area contributed by atoms with Crippen LogP contribution in [0.5, 0.6) is 0 Å². The maximum absolute atomic E-state index is 9.30. The molecule has 2 saturated heterocycles. The van der Waals surface area contributed by atoms with Gasteiger partial charge in [0.25, 0.3) is 0 Å². The Balaban J connectivity index is 0.000000194. The van der Waals surface area contributed by atoms with Crippen molar-refractivity contribution in [3.63, 3.8) is 0 Å². The van der Waals surface area contributed by atoms with Gasteiger partial charge in [-0.1, -0.05) is 12.2 Å². The number of carboxylic acid groups (broad SMARTS) is 2. The summed E-state index contributed by atoms with van der Waals surface area (Å²) >= 11 is 0. The molecule has 16 nitrogen and oxygen atoms in total. The lowest BCUT2D eigenvalue weighted by molar-refractivity contribution is -0.159. The smallest absolute Gasteiger partial charge is 0.414 e. The molecule has 0 radical (unpaired) electrons. The molecule has 2 aliphatic rings. The zero-order valence-electron chi connectivity index (χ0n) is 28.3. The number of carboxylic acids is 2. The number of aliphatic carboxylic acids is 2. The van der Waals surface area contributed by atoms with Crippen LogP contribution in [0.2, 0.25) is 0 Å². The second-order valence-electron chi connectivity index (χ2n) is 11.9. The summed E-state index contributed by atoms with van der Waals surface area (Å²) in [5.41, 5.74) is 3.37. The summed E-state index contributed by atoms with van der Waals surface area (Å²) in [7, 11) is 0. The van der Waals surface area contributed by atoms with E-state index in [-0.39, 0.29) is 13.2 Å². The van der Waals surface area contributed by atoms with Gasteiger partial charge >= 0.3 is 11.9 Å². The number of aromatic nitrogens is 6. The standard InChI is InChI=1S/2C16H23N5O.C2H2O4/c2*1-2-8-20-9-5-13(6-10-20)18-16-19-14-4-3-7-17-15(14)21(16)11-12-22;3-1(4)2(5)6/h2*2-4,7,13,22H,1,5-6,8-12H2,(H,18,19);(H,3,4)(H,5,6). The zero-order valence-corrected chi connectivity index (χ0v) is 28.3. The van der Waals surface area contributed by atoms with E-state index >= 15 is 0 Å². The fraction of sp³-hybridized carbons (Fsp3) is 0.471. The molecule has 0 bridgehead atoms. The van der Waals surface area contributed by atoms with E-state index in [2.05, 4.69) is 53.5 Å². The Hall–Kier alpha value is -4.90. The van der Waals surface area contributed by atoms with Crippen molar-refractivity contribution in [2.24, 2.45) is 0 Å².